The predicted octanol–water partition coefficient (Wildman–Crippen LogP) is 0.321. The predicted molar refractivity (Wildman–Crippen MR) is 60.3 cm³/mol. The van der Waals surface area contributed by atoms with E-state index in [1.807, 2.05) is 0 Å². The molecule has 0 unspecified atom stereocenters. The van der Waals surface area contributed by atoms with Crippen LogP contribution in [0.1, 0.15) is 18.4 Å². The Labute approximate surface area is 112 Å². The van der Waals surface area contributed by atoms with Crippen LogP contribution in [0.25, 0.3) is 0 Å². The van der Waals surface area contributed by atoms with Crippen molar-refractivity contribution in [2.45, 2.75) is 18.6 Å². The Bertz CT molecular complexity index is 555. The molecule has 0 saturated carbocycles. The number of rotatable bonds is 2. The minimum absolute atomic E-state index is 0.0978. The van der Waals surface area contributed by atoms with Gasteiger partial charge < -0.3 is 29.9 Å². The van der Waals surface area contributed by atoms with Gasteiger partial charge >= 0.3 is 6.16 Å². The summed E-state index contributed by atoms with van der Waals surface area (Å²) in [5, 5.41) is 38.2. The van der Waals surface area contributed by atoms with E-state index in [0.29, 0.717) is 26.1 Å². The molecule has 0 aromatic carbocycles. The van der Waals surface area contributed by atoms with Gasteiger partial charge in [-0.3, -0.25) is 4.84 Å². The van der Waals surface area contributed by atoms with Crippen molar-refractivity contribution in [1.82, 2.24) is 4.73 Å². The van der Waals surface area contributed by atoms with Gasteiger partial charge in [0.25, 0.3) is 5.88 Å². The van der Waals surface area contributed by atoms with Crippen LogP contribution in [0.4, 0.5) is 4.79 Å². The maximum atomic E-state index is 10.5. The molecule has 2 fully saturated rings. The first-order chi connectivity index (χ1) is 9.47. The zero-order valence-electron chi connectivity index (χ0n) is 10.3. The molecule has 0 atom stereocenters. The summed E-state index contributed by atoms with van der Waals surface area (Å²) < 4.78 is 11.2. The minimum Gasteiger partial charge on any atom is -0.503 e. The number of ether oxygens (including phenoxy) is 2. The number of aromatic nitrogens is 1. The Kier molecular flexibility index (Phi) is 2.69. The summed E-state index contributed by atoms with van der Waals surface area (Å²) in [4.78, 5) is 14.7. The van der Waals surface area contributed by atoms with Crippen LogP contribution in [-0.2, 0) is 15.3 Å². The molecule has 9 nitrogen and oxygen atoms in total. The van der Waals surface area contributed by atoms with Gasteiger partial charge in [-0.25, -0.2) is 4.79 Å². The fraction of sp³-hybridized carbons (Fsp3) is 0.545. The number of carboxylic acid groups (broad SMARTS) is 1. The Balaban J connectivity index is 2.12. The molecule has 1 aromatic heterocycles. The van der Waals surface area contributed by atoms with Crippen molar-refractivity contribution in [3.63, 3.8) is 0 Å². The molecule has 0 radical (unpaired) electrons. The van der Waals surface area contributed by atoms with Crippen molar-refractivity contribution in [3.05, 3.63) is 5.56 Å². The molecule has 0 amide bonds. The fourth-order valence-corrected chi connectivity index (χ4v) is 2.86. The number of fused-ring (bicyclic) bond motifs is 1. The monoisotopic (exact) mass is 287 g/mol. The summed E-state index contributed by atoms with van der Waals surface area (Å²) >= 11 is 0. The Morgan fingerprint density at radius 1 is 1.20 bits per heavy atom. The van der Waals surface area contributed by atoms with Gasteiger partial charge in [0.05, 0.1) is 13.2 Å². The first-order valence-corrected chi connectivity index (χ1v) is 6.02. The van der Waals surface area contributed by atoms with Crippen molar-refractivity contribution in [2.24, 2.45) is 5.92 Å². The van der Waals surface area contributed by atoms with Crippen LogP contribution in [0.15, 0.2) is 0 Å². The zero-order valence-corrected chi connectivity index (χ0v) is 10.3. The topological polar surface area (TPSA) is 131 Å². The van der Waals surface area contributed by atoms with E-state index in [9.17, 15) is 20.1 Å². The first-order valence-electron chi connectivity index (χ1n) is 6.02. The van der Waals surface area contributed by atoms with E-state index in [4.69, 9.17) is 14.6 Å². The molecule has 110 valence electrons. The summed E-state index contributed by atoms with van der Waals surface area (Å²) in [6.07, 6.45) is -0.416. The second-order valence-electron chi connectivity index (χ2n) is 4.66. The third-order valence-corrected chi connectivity index (χ3v) is 3.68. The second kappa shape index (κ2) is 4.18. The lowest BCUT2D eigenvalue weighted by molar-refractivity contribution is -0.206. The Hall–Kier alpha value is -2.13. The summed E-state index contributed by atoms with van der Waals surface area (Å²) in [5.74, 6) is -3.90. The standard InChI is InChI=1S/C11H13NO8/c13-7-6(8(14)12(9(7)15)20-10(16)17)11-5(1-3-18-11)2-4-19-11/h5,13-15H,1-4H2,(H,16,17). The van der Waals surface area contributed by atoms with E-state index in [-0.39, 0.29) is 16.2 Å². The van der Waals surface area contributed by atoms with Gasteiger partial charge in [-0.05, 0) is 12.8 Å². The molecule has 0 bridgehead atoms. The molecule has 1 aromatic rings. The van der Waals surface area contributed by atoms with E-state index >= 15 is 0 Å². The maximum Gasteiger partial charge on any atom is 0.531 e. The molecular weight excluding hydrogens is 274 g/mol. The molecule has 4 N–H and O–H groups in total. The minimum atomic E-state index is -1.76. The van der Waals surface area contributed by atoms with Gasteiger partial charge in [-0.2, -0.15) is 0 Å². The highest BCUT2D eigenvalue weighted by atomic mass is 16.8. The fourth-order valence-electron chi connectivity index (χ4n) is 2.86. The lowest BCUT2D eigenvalue weighted by Crippen LogP contribution is -2.30. The molecule has 2 aliphatic rings. The molecule has 2 aliphatic heterocycles. The van der Waals surface area contributed by atoms with Gasteiger partial charge in [0.15, 0.2) is 5.75 Å². The SMILES string of the molecule is O=C(O)On1c(O)c(O)c(C23OCCC2CCO3)c1O. The largest absolute Gasteiger partial charge is 0.531 e. The zero-order chi connectivity index (χ0) is 14.5. The van der Waals surface area contributed by atoms with Crippen LogP contribution < -0.4 is 4.84 Å². The van der Waals surface area contributed by atoms with E-state index in [2.05, 4.69) is 4.84 Å². The van der Waals surface area contributed by atoms with Gasteiger partial charge in [0.2, 0.25) is 11.7 Å². The molecule has 9 heteroatoms. The van der Waals surface area contributed by atoms with Crippen molar-refractivity contribution in [1.29, 1.82) is 0 Å². The van der Waals surface area contributed by atoms with E-state index in [0.717, 1.165) is 0 Å². The summed E-state index contributed by atoms with van der Waals surface area (Å²) in [6, 6.07) is 0. The van der Waals surface area contributed by atoms with Crippen molar-refractivity contribution < 1.29 is 39.5 Å². The van der Waals surface area contributed by atoms with Crippen molar-refractivity contribution >= 4 is 6.16 Å². The van der Waals surface area contributed by atoms with Crippen molar-refractivity contribution in [2.75, 3.05) is 13.2 Å². The van der Waals surface area contributed by atoms with Gasteiger partial charge in [-0.15, -0.1) is 0 Å². The van der Waals surface area contributed by atoms with Crippen LogP contribution in [0.3, 0.4) is 0 Å². The first kappa shape index (κ1) is 12.9. The summed E-state index contributed by atoms with van der Waals surface area (Å²) in [5.41, 5.74) is -0.212. The lowest BCUT2D eigenvalue weighted by atomic mass is 9.92. The summed E-state index contributed by atoms with van der Waals surface area (Å²) in [6.45, 7) is 0.741. The number of hydrogen-bond acceptors (Lipinski definition) is 7. The summed E-state index contributed by atoms with van der Waals surface area (Å²) in [7, 11) is 0. The second-order valence-corrected chi connectivity index (χ2v) is 4.66. The highest BCUT2D eigenvalue weighted by Gasteiger charge is 2.55. The average molecular weight is 287 g/mol. The lowest BCUT2D eigenvalue weighted by Gasteiger charge is -2.26. The third-order valence-electron chi connectivity index (χ3n) is 3.68. The van der Waals surface area contributed by atoms with Gasteiger partial charge in [0.1, 0.15) is 5.56 Å². The molecule has 0 spiro atoms. The smallest absolute Gasteiger partial charge is 0.503 e. The third kappa shape index (κ3) is 1.53. The number of nitrogens with zero attached hydrogens (tertiary/aromatic N) is 1. The number of hydrogen-bond donors (Lipinski definition) is 4. The van der Waals surface area contributed by atoms with Crippen LogP contribution in [0, 0.1) is 5.92 Å². The molecule has 0 aliphatic carbocycles. The normalized spacial score (nSPS) is 28.5. The van der Waals surface area contributed by atoms with Crippen LogP contribution in [0.2, 0.25) is 0 Å². The number of aromatic hydroxyl groups is 3. The van der Waals surface area contributed by atoms with Crippen molar-refractivity contribution in [3.8, 4) is 17.5 Å². The maximum absolute atomic E-state index is 10.5. The number of carbonyl (C=O) groups is 1. The highest BCUT2D eigenvalue weighted by molar-refractivity contribution is 5.60. The van der Waals surface area contributed by atoms with Crippen LogP contribution in [0.5, 0.6) is 17.5 Å². The molecule has 2 saturated heterocycles. The molecule has 3 heterocycles. The molecule has 3 rings (SSSR count). The molecular formula is C11H13NO8. The quantitative estimate of drug-likeness (QED) is 0.611. The molecule has 20 heavy (non-hydrogen) atoms. The van der Waals surface area contributed by atoms with E-state index in [1.165, 1.54) is 0 Å². The Morgan fingerprint density at radius 2 is 1.80 bits per heavy atom. The Morgan fingerprint density at radius 3 is 2.35 bits per heavy atom. The van der Waals surface area contributed by atoms with Crippen LogP contribution in [-0.4, -0.2) is 44.5 Å². The van der Waals surface area contributed by atoms with Gasteiger partial charge in [-0.1, -0.05) is 4.73 Å². The highest BCUT2D eigenvalue weighted by Crippen LogP contribution is 2.56. The van der Waals surface area contributed by atoms with E-state index < -0.39 is 29.5 Å². The van der Waals surface area contributed by atoms with E-state index in [1.54, 1.807) is 0 Å². The van der Waals surface area contributed by atoms with Gasteiger partial charge in [0, 0.05) is 5.92 Å². The average Bonchev–Trinajstić information content (AvgIpc) is 2.98. The van der Waals surface area contributed by atoms with Crippen LogP contribution >= 0.6 is 0 Å².